The van der Waals surface area contributed by atoms with Crippen molar-refractivity contribution in [1.82, 2.24) is 0 Å². The number of hydrogen-bond donors (Lipinski definition) is 1. The molecular formula is C11H15BrFNS. The Bertz CT molecular complexity index is 317. The Balaban J connectivity index is 2.37. The summed E-state index contributed by atoms with van der Waals surface area (Å²) in [6, 6.07) is 5.07. The lowest BCUT2D eigenvalue weighted by atomic mass is 10.2. The minimum absolute atomic E-state index is 0.203. The quantitative estimate of drug-likeness (QED) is 0.840. The van der Waals surface area contributed by atoms with Crippen molar-refractivity contribution in [2.45, 2.75) is 25.1 Å². The zero-order valence-electron chi connectivity index (χ0n) is 8.67. The number of nitrogens with two attached hydrogens (primary N) is 1. The van der Waals surface area contributed by atoms with Crippen molar-refractivity contribution in [3.8, 4) is 0 Å². The third-order valence-corrected chi connectivity index (χ3v) is 3.77. The first-order valence-electron chi connectivity index (χ1n) is 4.87. The summed E-state index contributed by atoms with van der Waals surface area (Å²) in [5.41, 5.74) is 6.78. The van der Waals surface area contributed by atoms with Crippen LogP contribution in [-0.2, 0) is 5.75 Å². The highest BCUT2D eigenvalue weighted by Gasteiger charge is 2.02. The van der Waals surface area contributed by atoms with Crippen LogP contribution < -0.4 is 5.73 Å². The summed E-state index contributed by atoms with van der Waals surface area (Å²) in [6.45, 7) is 2.01. The summed E-state index contributed by atoms with van der Waals surface area (Å²) in [5, 5.41) is 0. The normalized spacial score (nSPS) is 12.8. The molecule has 0 bridgehead atoms. The van der Waals surface area contributed by atoms with Crippen LogP contribution in [0.5, 0.6) is 0 Å². The Morgan fingerprint density at radius 2 is 2.27 bits per heavy atom. The molecular weight excluding hydrogens is 277 g/mol. The van der Waals surface area contributed by atoms with Gasteiger partial charge in [-0.15, -0.1) is 0 Å². The molecule has 0 aromatic heterocycles. The van der Waals surface area contributed by atoms with Gasteiger partial charge in [0.1, 0.15) is 5.82 Å². The van der Waals surface area contributed by atoms with Crippen LogP contribution in [0.25, 0.3) is 0 Å². The lowest BCUT2D eigenvalue weighted by molar-refractivity contribution is 0.626. The number of hydrogen-bond acceptors (Lipinski definition) is 2. The summed E-state index contributed by atoms with van der Waals surface area (Å²) in [6.07, 6.45) is 1.02. The van der Waals surface area contributed by atoms with Crippen molar-refractivity contribution in [2.24, 2.45) is 5.73 Å². The van der Waals surface area contributed by atoms with E-state index in [0.717, 1.165) is 28.0 Å². The summed E-state index contributed by atoms with van der Waals surface area (Å²) in [4.78, 5) is 0. The molecule has 1 aromatic carbocycles. The summed E-state index contributed by atoms with van der Waals surface area (Å²) in [7, 11) is 0. The Morgan fingerprint density at radius 1 is 1.53 bits per heavy atom. The van der Waals surface area contributed by atoms with E-state index in [9.17, 15) is 4.39 Å². The number of rotatable bonds is 5. The van der Waals surface area contributed by atoms with E-state index in [1.807, 2.05) is 24.8 Å². The first-order valence-corrected chi connectivity index (χ1v) is 6.81. The van der Waals surface area contributed by atoms with Crippen molar-refractivity contribution < 1.29 is 4.39 Å². The van der Waals surface area contributed by atoms with Crippen LogP contribution in [0.1, 0.15) is 18.9 Å². The van der Waals surface area contributed by atoms with Crippen LogP contribution in [0.2, 0.25) is 0 Å². The fourth-order valence-electron chi connectivity index (χ4n) is 1.09. The SMILES string of the molecule is CC(N)CCSCc1ccc(F)cc1Br. The van der Waals surface area contributed by atoms with E-state index in [4.69, 9.17) is 5.73 Å². The van der Waals surface area contributed by atoms with Crippen molar-refractivity contribution in [2.75, 3.05) is 5.75 Å². The molecule has 1 rings (SSSR count). The molecule has 1 atom stereocenters. The number of thioether (sulfide) groups is 1. The van der Waals surface area contributed by atoms with E-state index in [-0.39, 0.29) is 11.9 Å². The number of benzene rings is 1. The van der Waals surface area contributed by atoms with Gasteiger partial charge in [-0.2, -0.15) is 11.8 Å². The van der Waals surface area contributed by atoms with Crippen LogP contribution in [0.15, 0.2) is 22.7 Å². The van der Waals surface area contributed by atoms with Gasteiger partial charge >= 0.3 is 0 Å². The molecule has 0 fully saturated rings. The monoisotopic (exact) mass is 291 g/mol. The van der Waals surface area contributed by atoms with E-state index in [0.29, 0.717) is 0 Å². The van der Waals surface area contributed by atoms with Gasteiger partial charge in [0.05, 0.1) is 0 Å². The molecule has 1 nitrogen and oxygen atoms in total. The van der Waals surface area contributed by atoms with E-state index in [1.165, 1.54) is 12.1 Å². The van der Waals surface area contributed by atoms with Gasteiger partial charge in [0.25, 0.3) is 0 Å². The Kier molecular flexibility index (Phi) is 5.64. The summed E-state index contributed by atoms with van der Waals surface area (Å²) in [5.74, 6) is 1.74. The predicted molar refractivity (Wildman–Crippen MR) is 68.5 cm³/mol. The standard InChI is InChI=1S/C11H15BrFNS/c1-8(14)4-5-15-7-9-2-3-10(13)6-11(9)12/h2-3,6,8H,4-5,7,14H2,1H3. The second-order valence-corrected chi connectivity index (χ2v) is 5.51. The zero-order chi connectivity index (χ0) is 11.3. The van der Waals surface area contributed by atoms with Crippen LogP contribution in [0, 0.1) is 5.82 Å². The first-order chi connectivity index (χ1) is 7.09. The van der Waals surface area contributed by atoms with E-state index < -0.39 is 0 Å². The highest BCUT2D eigenvalue weighted by molar-refractivity contribution is 9.10. The zero-order valence-corrected chi connectivity index (χ0v) is 11.1. The molecule has 4 heteroatoms. The minimum Gasteiger partial charge on any atom is -0.328 e. The highest BCUT2D eigenvalue weighted by Crippen LogP contribution is 2.23. The molecule has 2 N–H and O–H groups in total. The Morgan fingerprint density at radius 3 is 2.87 bits per heavy atom. The molecule has 1 unspecified atom stereocenters. The van der Waals surface area contributed by atoms with Gasteiger partial charge in [0.2, 0.25) is 0 Å². The average Bonchev–Trinajstić information content (AvgIpc) is 2.14. The highest BCUT2D eigenvalue weighted by atomic mass is 79.9. The second kappa shape index (κ2) is 6.51. The van der Waals surface area contributed by atoms with Gasteiger partial charge in [0.15, 0.2) is 0 Å². The fourth-order valence-corrected chi connectivity index (χ4v) is 2.92. The molecule has 1 aromatic rings. The van der Waals surface area contributed by atoms with Crippen LogP contribution >= 0.6 is 27.7 Å². The summed E-state index contributed by atoms with van der Waals surface area (Å²) < 4.78 is 13.6. The Hall–Kier alpha value is -0.0600. The molecule has 0 heterocycles. The smallest absolute Gasteiger partial charge is 0.124 e. The van der Waals surface area contributed by atoms with Crippen molar-refractivity contribution in [3.63, 3.8) is 0 Å². The third kappa shape index (κ3) is 5.00. The van der Waals surface area contributed by atoms with Crippen molar-refractivity contribution >= 4 is 27.7 Å². The number of halogens is 2. The maximum Gasteiger partial charge on any atom is 0.124 e. The maximum atomic E-state index is 12.8. The Labute approximate surface area is 103 Å². The topological polar surface area (TPSA) is 26.0 Å². The van der Waals surface area contributed by atoms with E-state index in [1.54, 1.807) is 0 Å². The third-order valence-electron chi connectivity index (χ3n) is 1.99. The molecule has 0 saturated carbocycles. The van der Waals surface area contributed by atoms with Crippen LogP contribution in [0.4, 0.5) is 4.39 Å². The van der Waals surface area contributed by atoms with Crippen LogP contribution in [-0.4, -0.2) is 11.8 Å². The van der Waals surface area contributed by atoms with E-state index in [2.05, 4.69) is 15.9 Å². The fraction of sp³-hybridized carbons (Fsp3) is 0.455. The molecule has 84 valence electrons. The van der Waals surface area contributed by atoms with Gasteiger partial charge in [-0.25, -0.2) is 4.39 Å². The molecule has 0 amide bonds. The van der Waals surface area contributed by atoms with Gasteiger partial charge in [-0.1, -0.05) is 22.0 Å². The molecule has 15 heavy (non-hydrogen) atoms. The van der Waals surface area contributed by atoms with Gasteiger partial charge in [-0.05, 0) is 36.8 Å². The minimum atomic E-state index is -0.203. The average molecular weight is 292 g/mol. The molecule has 0 aliphatic carbocycles. The van der Waals surface area contributed by atoms with E-state index >= 15 is 0 Å². The second-order valence-electron chi connectivity index (χ2n) is 3.55. The maximum absolute atomic E-state index is 12.8. The first kappa shape index (κ1) is 13.0. The van der Waals surface area contributed by atoms with Gasteiger partial charge in [0, 0.05) is 16.3 Å². The summed E-state index contributed by atoms with van der Waals surface area (Å²) >= 11 is 5.17. The lowest BCUT2D eigenvalue weighted by Gasteiger charge is -2.06. The van der Waals surface area contributed by atoms with Crippen LogP contribution in [0.3, 0.4) is 0 Å². The molecule has 0 spiro atoms. The molecule has 0 aliphatic rings. The van der Waals surface area contributed by atoms with Crippen molar-refractivity contribution in [3.05, 3.63) is 34.1 Å². The lowest BCUT2D eigenvalue weighted by Crippen LogP contribution is -2.15. The van der Waals surface area contributed by atoms with Gasteiger partial charge in [-0.3, -0.25) is 0 Å². The predicted octanol–water partition coefficient (Wildman–Crippen LogP) is 3.56. The molecule has 0 aliphatic heterocycles. The molecule has 0 saturated heterocycles. The molecule has 0 radical (unpaired) electrons. The largest absolute Gasteiger partial charge is 0.328 e. The van der Waals surface area contributed by atoms with Gasteiger partial charge < -0.3 is 5.73 Å². The van der Waals surface area contributed by atoms with Crippen molar-refractivity contribution in [1.29, 1.82) is 0 Å².